The molecule has 1 atom stereocenters. The van der Waals surface area contributed by atoms with Gasteiger partial charge in [-0.2, -0.15) is 0 Å². The summed E-state index contributed by atoms with van der Waals surface area (Å²) >= 11 is 0. The average molecular weight is 333 g/mol. The van der Waals surface area contributed by atoms with Gasteiger partial charge in [-0.15, -0.1) is 0 Å². The Balaban J connectivity index is 1.73. The van der Waals surface area contributed by atoms with Crippen LogP contribution in [-0.4, -0.2) is 22.4 Å². The minimum atomic E-state index is -1.29. The monoisotopic (exact) mass is 333 g/mol. The van der Waals surface area contributed by atoms with Crippen molar-refractivity contribution in [3.05, 3.63) is 71.0 Å². The van der Waals surface area contributed by atoms with E-state index in [0.717, 1.165) is 12.0 Å². The van der Waals surface area contributed by atoms with Gasteiger partial charge in [0, 0.05) is 23.1 Å². The number of amides is 1. The summed E-state index contributed by atoms with van der Waals surface area (Å²) in [4.78, 5) is 11.8. The zero-order valence-corrected chi connectivity index (χ0v) is 13.9. The molecule has 0 aliphatic rings. The van der Waals surface area contributed by atoms with Crippen LogP contribution in [0.15, 0.2) is 48.5 Å². The van der Waals surface area contributed by atoms with Crippen molar-refractivity contribution in [3.63, 3.8) is 0 Å². The molecule has 0 aromatic heterocycles. The molecule has 0 spiro atoms. The van der Waals surface area contributed by atoms with E-state index in [2.05, 4.69) is 5.32 Å². The first kappa shape index (κ1) is 17.3. The molecule has 2 rings (SSSR count). The van der Waals surface area contributed by atoms with Crippen LogP contribution in [0.5, 0.6) is 0 Å². The number of hydrogen-bond acceptors (Lipinski definition) is 2. The van der Waals surface area contributed by atoms with Crippen LogP contribution in [0.4, 0.5) is 4.39 Å². The molecule has 0 heterocycles. The van der Waals surface area contributed by atoms with E-state index in [0.29, 0.717) is 6.54 Å². The van der Waals surface area contributed by atoms with Crippen LogP contribution in [0.1, 0.15) is 16.7 Å². The van der Waals surface area contributed by atoms with Crippen molar-refractivity contribution in [1.82, 2.24) is 5.32 Å². The molecule has 0 radical (unpaired) electrons. The molecule has 23 heavy (non-hydrogen) atoms. The topological polar surface area (TPSA) is 46.2 Å². The molecule has 0 unspecified atom stereocenters. The minimum Gasteiger partial charge on any atom is -0.355 e. The summed E-state index contributed by atoms with van der Waals surface area (Å²) in [6, 6.07) is 13.9. The molecule has 0 saturated carbocycles. The highest BCUT2D eigenvalue weighted by molar-refractivity contribution is 7.84. The predicted molar refractivity (Wildman–Crippen MR) is 91.0 cm³/mol. The third-order valence-corrected chi connectivity index (χ3v) is 4.75. The standard InChI is InChI=1S/C18H20FNO2S/c1-14-4-2-3-5-16(14)10-11-20-18(21)13-23(22)12-15-6-8-17(19)9-7-15/h2-9H,10-13H2,1H3,(H,20,21)/t23-/m1/s1. The number of benzene rings is 2. The lowest BCUT2D eigenvalue weighted by molar-refractivity contribution is -0.118. The largest absolute Gasteiger partial charge is 0.355 e. The van der Waals surface area contributed by atoms with Crippen molar-refractivity contribution >= 4 is 16.7 Å². The van der Waals surface area contributed by atoms with Crippen LogP contribution < -0.4 is 5.32 Å². The zero-order valence-electron chi connectivity index (χ0n) is 13.0. The Bertz CT molecular complexity index is 686. The fourth-order valence-electron chi connectivity index (χ4n) is 2.24. The van der Waals surface area contributed by atoms with Crippen LogP contribution in [0.25, 0.3) is 0 Å². The van der Waals surface area contributed by atoms with Crippen molar-refractivity contribution in [1.29, 1.82) is 0 Å². The zero-order chi connectivity index (χ0) is 16.7. The molecular weight excluding hydrogens is 313 g/mol. The van der Waals surface area contributed by atoms with Gasteiger partial charge in [0.25, 0.3) is 0 Å². The minimum absolute atomic E-state index is 0.0366. The van der Waals surface area contributed by atoms with E-state index in [1.807, 2.05) is 31.2 Å². The van der Waals surface area contributed by atoms with E-state index in [1.165, 1.54) is 23.3 Å². The number of nitrogens with one attached hydrogen (secondary N) is 1. The lowest BCUT2D eigenvalue weighted by Gasteiger charge is -2.07. The molecule has 2 aromatic carbocycles. The maximum atomic E-state index is 12.8. The summed E-state index contributed by atoms with van der Waals surface area (Å²) in [7, 11) is -1.29. The number of halogens is 1. The fourth-order valence-corrected chi connectivity index (χ4v) is 3.30. The normalized spacial score (nSPS) is 11.9. The Labute approximate surface area is 138 Å². The van der Waals surface area contributed by atoms with Gasteiger partial charge < -0.3 is 5.32 Å². The first-order chi connectivity index (χ1) is 11.0. The number of rotatable bonds is 7. The molecule has 1 N–H and O–H groups in total. The van der Waals surface area contributed by atoms with Crippen LogP contribution in [0, 0.1) is 12.7 Å². The quantitative estimate of drug-likeness (QED) is 0.847. The average Bonchev–Trinajstić information content (AvgIpc) is 2.51. The number of carbonyl (C=O) groups is 1. The van der Waals surface area contributed by atoms with Gasteiger partial charge in [-0.3, -0.25) is 9.00 Å². The molecule has 3 nitrogen and oxygen atoms in total. The molecule has 0 saturated heterocycles. The van der Waals surface area contributed by atoms with Gasteiger partial charge in [-0.25, -0.2) is 4.39 Å². The van der Waals surface area contributed by atoms with E-state index < -0.39 is 10.8 Å². The summed E-state index contributed by atoms with van der Waals surface area (Å²) in [6.45, 7) is 2.56. The van der Waals surface area contributed by atoms with Gasteiger partial charge in [-0.05, 0) is 42.2 Å². The Hall–Kier alpha value is -2.01. The third kappa shape index (κ3) is 5.94. The molecule has 122 valence electrons. The highest BCUT2D eigenvalue weighted by atomic mass is 32.2. The summed E-state index contributed by atoms with van der Waals surface area (Å²) in [5.41, 5.74) is 3.15. The smallest absolute Gasteiger partial charge is 0.232 e. The molecule has 0 aliphatic heterocycles. The second-order valence-corrected chi connectivity index (χ2v) is 6.84. The van der Waals surface area contributed by atoms with Crippen molar-refractivity contribution in [2.45, 2.75) is 19.1 Å². The molecule has 0 fully saturated rings. The highest BCUT2D eigenvalue weighted by Crippen LogP contribution is 2.07. The van der Waals surface area contributed by atoms with Crippen LogP contribution in [0.2, 0.25) is 0 Å². The molecule has 0 bridgehead atoms. The summed E-state index contributed by atoms with van der Waals surface area (Å²) in [5, 5.41) is 2.79. The lowest BCUT2D eigenvalue weighted by Crippen LogP contribution is -2.30. The fraction of sp³-hybridized carbons (Fsp3) is 0.278. The van der Waals surface area contributed by atoms with Gasteiger partial charge in [0.2, 0.25) is 5.91 Å². The van der Waals surface area contributed by atoms with Crippen molar-refractivity contribution in [3.8, 4) is 0 Å². The van der Waals surface area contributed by atoms with E-state index >= 15 is 0 Å². The van der Waals surface area contributed by atoms with E-state index in [-0.39, 0.29) is 23.2 Å². The second kappa shape index (κ2) is 8.58. The lowest BCUT2D eigenvalue weighted by atomic mass is 10.1. The summed E-state index contributed by atoms with van der Waals surface area (Å²) in [6.07, 6.45) is 0.753. The molecule has 2 aromatic rings. The second-order valence-electron chi connectivity index (χ2n) is 5.38. The SMILES string of the molecule is Cc1ccccc1CCNC(=O)C[S@](=O)Cc1ccc(F)cc1. The number of carbonyl (C=O) groups excluding carboxylic acids is 1. The van der Waals surface area contributed by atoms with Crippen molar-refractivity contribution in [2.24, 2.45) is 0 Å². The Morgan fingerprint density at radius 3 is 2.52 bits per heavy atom. The Kier molecular flexibility index (Phi) is 6.47. The number of hydrogen-bond donors (Lipinski definition) is 1. The molecular formula is C18H20FNO2S. The summed E-state index contributed by atoms with van der Waals surface area (Å²) in [5.74, 6) is -0.330. The van der Waals surface area contributed by atoms with Gasteiger partial charge in [0.15, 0.2) is 0 Å². The van der Waals surface area contributed by atoms with Gasteiger partial charge >= 0.3 is 0 Å². The maximum Gasteiger partial charge on any atom is 0.232 e. The van der Waals surface area contributed by atoms with Gasteiger partial charge in [-0.1, -0.05) is 36.4 Å². The van der Waals surface area contributed by atoms with E-state index in [4.69, 9.17) is 0 Å². The summed E-state index contributed by atoms with van der Waals surface area (Å²) < 4.78 is 24.8. The third-order valence-electron chi connectivity index (χ3n) is 3.51. The first-order valence-corrected chi connectivity index (χ1v) is 8.94. The van der Waals surface area contributed by atoms with Gasteiger partial charge in [0.1, 0.15) is 11.6 Å². The molecule has 0 aliphatic carbocycles. The Morgan fingerprint density at radius 1 is 1.13 bits per heavy atom. The van der Waals surface area contributed by atoms with Crippen LogP contribution >= 0.6 is 0 Å². The van der Waals surface area contributed by atoms with Crippen LogP contribution in [0.3, 0.4) is 0 Å². The predicted octanol–water partition coefficient (Wildman–Crippen LogP) is 2.74. The first-order valence-electron chi connectivity index (χ1n) is 7.45. The van der Waals surface area contributed by atoms with Gasteiger partial charge in [0.05, 0.1) is 0 Å². The van der Waals surface area contributed by atoms with Crippen molar-refractivity contribution in [2.75, 3.05) is 12.3 Å². The van der Waals surface area contributed by atoms with E-state index in [1.54, 1.807) is 12.1 Å². The number of aryl methyl sites for hydroxylation is 1. The maximum absolute atomic E-state index is 12.8. The van der Waals surface area contributed by atoms with Crippen molar-refractivity contribution < 1.29 is 13.4 Å². The molecule has 5 heteroatoms. The molecule has 1 amide bonds. The Morgan fingerprint density at radius 2 is 1.83 bits per heavy atom. The van der Waals surface area contributed by atoms with E-state index in [9.17, 15) is 13.4 Å². The van der Waals surface area contributed by atoms with Crippen LogP contribution in [-0.2, 0) is 27.8 Å². The highest BCUT2D eigenvalue weighted by Gasteiger charge is 2.09.